The summed E-state index contributed by atoms with van der Waals surface area (Å²) in [5, 5.41) is 7.80. The van der Waals surface area contributed by atoms with Crippen molar-refractivity contribution in [3.63, 3.8) is 0 Å². The molecule has 1 aliphatic heterocycles. The second-order valence-corrected chi connectivity index (χ2v) is 5.82. The minimum atomic E-state index is -0.239. The molecule has 1 saturated carbocycles. The lowest BCUT2D eigenvalue weighted by Crippen LogP contribution is -2.34. The zero-order valence-corrected chi connectivity index (χ0v) is 12.4. The van der Waals surface area contributed by atoms with E-state index in [1.54, 1.807) is 11.9 Å². The zero-order valence-electron chi connectivity index (χ0n) is 12.4. The monoisotopic (exact) mass is 292 g/mol. The summed E-state index contributed by atoms with van der Waals surface area (Å²) in [6, 6.07) is 0.378. The van der Waals surface area contributed by atoms with E-state index in [4.69, 9.17) is 4.42 Å². The van der Waals surface area contributed by atoms with Gasteiger partial charge in [-0.3, -0.25) is 9.59 Å². The topological polar surface area (TPSA) is 79.5 Å². The third-order valence-corrected chi connectivity index (χ3v) is 4.06. The van der Waals surface area contributed by atoms with Crippen molar-refractivity contribution in [2.45, 2.75) is 45.2 Å². The van der Waals surface area contributed by atoms with E-state index >= 15 is 0 Å². The van der Waals surface area contributed by atoms with Gasteiger partial charge in [-0.05, 0) is 12.8 Å². The van der Waals surface area contributed by atoms with E-state index in [9.17, 15) is 9.59 Å². The lowest BCUT2D eigenvalue weighted by molar-refractivity contribution is -0.135. The van der Waals surface area contributed by atoms with Gasteiger partial charge >= 0.3 is 0 Å². The Kier molecular flexibility index (Phi) is 3.65. The molecule has 21 heavy (non-hydrogen) atoms. The van der Waals surface area contributed by atoms with Crippen molar-refractivity contribution < 1.29 is 14.0 Å². The minimum absolute atomic E-state index is 0.0252. The van der Waals surface area contributed by atoms with Crippen LogP contribution in [0.25, 0.3) is 0 Å². The van der Waals surface area contributed by atoms with Gasteiger partial charge in [-0.1, -0.05) is 6.92 Å². The van der Waals surface area contributed by atoms with E-state index < -0.39 is 0 Å². The summed E-state index contributed by atoms with van der Waals surface area (Å²) in [6.07, 6.45) is 3.15. The Labute approximate surface area is 123 Å². The van der Waals surface area contributed by atoms with E-state index in [0.717, 1.165) is 12.8 Å². The molecule has 0 spiro atoms. The van der Waals surface area contributed by atoms with Crippen molar-refractivity contribution >= 4 is 11.8 Å². The van der Waals surface area contributed by atoms with Crippen LogP contribution in [0.1, 0.15) is 38.0 Å². The van der Waals surface area contributed by atoms with Gasteiger partial charge in [0.1, 0.15) is 0 Å². The number of amides is 2. The fourth-order valence-electron chi connectivity index (χ4n) is 2.72. The summed E-state index contributed by atoms with van der Waals surface area (Å²) in [5.74, 6) is 0.850. The van der Waals surface area contributed by atoms with Crippen LogP contribution < -0.4 is 0 Å². The van der Waals surface area contributed by atoms with Gasteiger partial charge in [0.2, 0.25) is 23.6 Å². The largest absolute Gasteiger partial charge is 0.423 e. The molecule has 7 nitrogen and oxygen atoms in total. The summed E-state index contributed by atoms with van der Waals surface area (Å²) in [7, 11) is 1.71. The molecule has 7 heteroatoms. The first-order valence-corrected chi connectivity index (χ1v) is 7.44. The van der Waals surface area contributed by atoms with Crippen molar-refractivity contribution in [3.8, 4) is 0 Å². The molecule has 0 radical (unpaired) electrons. The maximum atomic E-state index is 12.4. The van der Waals surface area contributed by atoms with Gasteiger partial charge in [-0.25, -0.2) is 0 Å². The third kappa shape index (κ3) is 2.91. The van der Waals surface area contributed by atoms with Crippen LogP contribution >= 0.6 is 0 Å². The zero-order chi connectivity index (χ0) is 15.0. The van der Waals surface area contributed by atoms with Crippen LogP contribution in [0.3, 0.4) is 0 Å². The number of aromatic nitrogens is 2. The molecular weight excluding hydrogens is 272 g/mol. The SMILES string of the molecule is CCc1nnc(CN(C)C(=O)[C@@H]2CC(=O)N(C3CC3)C2)o1. The fraction of sp³-hybridized carbons (Fsp3) is 0.714. The first-order valence-electron chi connectivity index (χ1n) is 7.44. The van der Waals surface area contributed by atoms with Crippen molar-refractivity contribution in [2.75, 3.05) is 13.6 Å². The molecule has 0 aromatic carbocycles. The van der Waals surface area contributed by atoms with Crippen LogP contribution in [0.5, 0.6) is 0 Å². The summed E-state index contributed by atoms with van der Waals surface area (Å²) < 4.78 is 5.41. The Morgan fingerprint density at radius 2 is 2.10 bits per heavy atom. The van der Waals surface area contributed by atoms with Gasteiger partial charge in [-0.15, -0.1) is 10.2 Å². The number of rotatable bonds is 5. The number of nitrogens with zero attached hydrogens (tertiary/aromatic N) is 4. The number of likely N-dealkylation sites (tertiary alicyclic amines) is 1. The van der Waals surface area contributed by atoms with Crippen LogP contribution in [-0.4, -0.2) is 51.4 Å². The molecule has 2 amide bonds. The first kappa shape index (κ1) is 14.0. The summed E-state index contributed by atoms with van der Waals surface area (Å²) >= 11 is 0. The van der Waals surface area contributed by atoms with Crippen molar-refractivity contribution in [3.05, 3.63) is 11.8 Å². The highest BCUT2D eigenvalue weighted by molar-refractivity contribution is 5.89. The number of carbonyl (C=O) groups is 2. The molecular formula is C14H20N4O3. The van der Waals surface area contributed by atoms with Crippen LogP contribution in [0.2, 0.25) is 0 Å². The molecule has 2 aliphatic rings. The van der Waals surface area contributed by atoms with E-state index in [0.29, 0.717) is 43.8 Å². The molecule has 3 rings (SSSR count). The lowest BCUT2D eigenvalue weighted by atomic mass is 10.1. The second kappa shape index (κ2) is 5.46. The third-order valence-electron chi connectivity index (χ3n) is 4.06. The number of hydrogen-bond donors (Lipinski definition) is 0. The molecule has 1 aromatic rings. The second-order valence-electron chi connectivity index (χ2n) is 5.82. The molecule has 0 N–H and O–H groups in total. The Balaban J connectivity index is 1.58. The lowest BCUT2D eigenvalue weighted by Gasteiger charge is -2.20. The van der Waals surface area contributed by atoms with E-state index in [-0.39, 0.29) is 17.7 Å². The molecule has 114 valence electrons. The predicted octanol–water partition coefficient (Wildman–Crippen LogP) is 0.601. The molecule has 2 heterocycles. The maximum absolute atomic E-state index is 12.4. The van der Waals surface area contributed by atoms with E-state index in [2.05, 4.69) is 10.2 Å². The number of hydrogen-bond acceptors (Lipinski definition) is 5. The molecule has 0 bridgehead atoms. The Bertz CT molecular complexity index is 552. The molecule has 1 saturated heterocycles. The Hall–Kier alpha value is -1.92. The molecule has 1 aliphatic carbocycles. The highest BCUT2D eigenvalue weighted by atomic mass is 16.4. The average molecular weight is 292 g/mol. The van der Waals surface area contributed by atoms with Gasteiger partial charge in [-0.2, -0.15) is 0 Å². The predicted molar refractivity (Wildman–Crippen MR) is 73.0 cm³/mol. The number of carbonyl (C=O) groups excluding carboxylic acids is 2. The molecule has 0 unspecified atom stereocenters. The van der Waals surface area contributed by atoms with Crippen molar-refractivity contribution in [2.24, 2.45) is 5.92 Å². The van der Waals surface area contributed by atoms with Crippen LogP contribution in [-0.2, 0) is 22.6 Å². The van der Waals surface area contributed by atoms with Crippen molar-refractivity contribution in [1.29, 1.82) is 0 Å². The maximum Gasteiger partial charge on any atom is 0.235 e. The Morgan fingerprint density at radius 1 is 1.38 bits per heavy atom. The smallest absolute Gasteiger partial charge is 0.235 e. The average Bonchev–Trinajstić information content (AvgIpc) is 3.09. The van der Waals surface area contributed by atoms with Gasteiger partial charge < -0.3 is 14.2 Å². The highest BCUT2D eigenvalue weighted by Gasteiger charge is 2.42. The van der Waals surface area contributed by atoms with Crippen LogP contribution in [0, 0.1) is 5.92 Å². The fourth-order valence-corrected chi connectivity index (χ4v) is 2.72. The highest BCUT2D eigenvalue weighted by Crippen LogP contribution is 2.33. The quantitative estimate of drug-likeness (QED) is 0.794. The van der Waals surface area contributed by atoms with E-state index in [1.807, 2.05) is 11.8 Å². The Morgan fingerprint density at radius 3 is 2.71 bits per heavy atom. The van der Waals surface area contributed by atoms with Crippen LogP contribution in [0.15, 0.2) is 4.42 Å². The van der Waals surface area contributed by atoms with Gasteiger partial charge in [0.15, 0.2) is 0 Å². The molecule has 2 fully saturated rings. The number of aryl methyl sites for hydroxylation is 1. The normalized spacial score (nSPS) is 21.9. The van der Waals surface area contributed by atoms with Gasteiger partial charge in [0.05, 0.1) is 12.5 Å². The van der Waals surface area contributed by atoms with Crippen molar-refractivity contribution in [1.82, 2.24) is 20.0 Å². The standard InChI is InChI=1S/C14H20N4O3/c1-3-11-15-16-12(21-11)8-17(2)14(20)9-6-13(19)18(7-9)10-4-5-10/h9-10H,3-8H2,1-2H3/t9-/m1/s1. The van der Waals surface area contributed by atoms with Crippen LogP contribution in [0.4, 0.5) is 0 Å². The molecule has 1 aromatic heterocycles. The summed E-state index contributed by atoms with van der Waals surface area (Å²) in [6.45, 7) is 2.78. The summed E-state index contributed by atoms with van der Waals surface area (Å²) in [4.78, 5) is 27.8. The minimum Gasteiger partial charge on any atom is -0.423 e. The first-order chi connectivity index (χ1) is 10.1. The molecule has 1 atom stereocenters. The van der Waals surface area contributed by atoms with Gasteiger partial charge in [0, 0.05) is 32.5 Å². The van der Waals surface area contributed by atoms with Gasteiger partial charge in [0.25, 0.3) is 0 Å². The summed E-state index contributed by atoms with van der Waals surface area (Å²) in [5.41, 5.74) is 0. The van der Waals surface area contributed by atoms with E-state index in [1.165, 1.54) is 0 Å².